The van der Waals surface area contributed by atoms with Crippen LogP contribution >= 0.6 is 11.5 Å². The maximum Gasteiger partial charge on any atom is 0.315 e. The number of hydrogen-bond donors (Lipinski definition) is 2. The van der Waals surface area contributed by atoms with E-state index < -0.39 is 5.41 Å². The minimum absolute atomic E-state index is 0.0598. The molecule has 0 spiro atoms. The normalized spacial score (nSPS) is 23.6. The first-order chi connectivity index (χ1) is 26.2. The molecule has 2 N–H and O–H groups in total. The van der Waals surface area contributed by atoms with Crippen LogP contribution in [0.25, 0.3) is 10.1 Å². The molecule has 8 nitrogen and oxygen atoms in total. The smallest absolute Gasteiger partial charge is 0.315 e. The molecule has 2 aromatic heterocycles. The Labute approximate surface area is 329 Å². The molecule has 2 saturated carbocycles. The molecule has 0 amide bonds. The molecule has 3 aromatic rings. The largest absolute Gasteiger partial charge is 0.494 e. The van der Waals surface area contributed by atoms with E-state index in [1.807, 2.05) is 4.57 Å². The van der Waals surface area contributed by atoms with Crippen LogP contribution < -0.4 is 4.90 Å². The van der Waals surface area contributed by atoms with Crippen LogP contribution in [0.4, 0.5) is 5.82 Å². The van der Waals surface area contributed by atoms with Crippen molar-refractivity contribution in [3.63, 3.8) is 0 Å². The van der Waals surface area contributed by atoms with Gasteiger partial charge >= 0.3 is 5.97 Å². The van der Waals surface area contributed by atoms with Crippen molar-refractivity contribution in [1.82, 2.24) is 8.94 Å². The number of nitrogens with zero attached hydrogens (tertiary/aromatic N) is 4. The van der Waals surface area contributed by atoms with Gasteiger partial charge in [0.15, 0.2) is 17.6 Å². The van der Waals surface area contributed by atoms with Gasteiger partial charge in [-0.1, -0.05) is 96.1 Å². The van der Waals surface area contributed by atoms with Gasteiger partial charge in [0.1, 0.15) is 0 Å². The van der Waals surface area contributed by atoms with Crippen molar-refractivity contribution in [1.29, 1.82) is 0 Å². The van der Waals surface area contributed by atoms with E-state index >= 15 is 0 Å². The molecule has 7 rings (SSSR count). The van der Waals surface area contributed by atoms with Gasteiger partial charge in [0.25, 0.3) is 0 Å². The summed E-state index contributed by atoms with van der Waals surface area (Å²) in [6, 6.07) is 8.52. The maximum atomic E-state index is 13.8. The fourth-order valence-electron chi connectivity index (χ4n) is 10.7. The van der Waals surface area contributed by atoms with Crippen LogP contribution in [0.5, 0.6) is 11.8 Å². The van der Waals surface area contributed by atoms with E-state index in [-0.39, 0.29) is 5.97 Å². The van der Waals surface area contributed by atoms with Crippen LogP contribution in [0.15, 0.2) is 24.3 Å². The summed E-state index contributed by atoms with van der Waals surface area (Å²) in [5.74, 6) is 3.27. The number of esters is 1. The first-order valence-electron chi connectivity index (χ1n) is 22.0. The van der Waals surface area contributed by atoms with Gasteiger partial charge in [-0.15, -0.1) is 0 Å². The molecule has 3 aliphatic carbocycles. The van der Waals surface area contributed by atoms with Crippen molar-refractivity contribution in [2.45, 2.75) is 155 Å². The van der Waals surface area contributed by atoms with Crippen molar-refractivity contribution in [2.75, 3.05) is 44.4 Å². The second-order valence-electron chi connectivity index (χ2n) is 18.4. The van der Waals surface area contributed by atoms with Crippen molar-refractivity contribution < 1.29 is 24.2 Å². The molecular weight excluding hydrogens is 693 g/mol. The number of aromatic nitrogens is 2. The van der Waals surface area contributed by atoms with E-state index in [9.17, 15) is 15.0 Å². The Kier molecular flexibility index (Phi) is 12.8. The molecule has 4 atom stereocenters. The van der Waals surface area contributed by atoms with Crippen LogP contribution in [0.3, 0.4) is 0 Å². The summed E-state index contributed by atoms with van der Waals surface area (Å²) in [6.45, 7) is 12.0. The number of carbonyl (C=O) groups excluding carboxylic acids is 1. The van der Waals surface area contributed by atoms with Crippen LogP contribution in [0.2, 0.25) is 0 Å². The summed E-state index contributed by atoms with van der Waals surface area (Å²) in [6.07, 6.45) is 21.8. The number of quaternary nitrogens is 1. The number of piperazine rings is 1. The minimum atomic E-state index is -0.498. The van der Waals surface area contributed by atoms with Crippen LogP contribution in [-0.4, -0.2) is 69.1 Å². The van der Waals surface area contributed by atoms with Gasteiger partial charge in [-0.3, -0.25) is 13.8 Å². The van der Waals surface area contributed by atoms with E-state index in [1.54, 1.807) is 11.5 Å². The molecule has 298 valence electrons. The molecule has 4 aliphatic rings. The quantitative estimate of drug-likeness (QED) is 0.0718. The number of fused-ring (bicyclic) bond motifs is 6. The zero-order valence-corrected chi connectivity index (χ0v) is 34.5. The Morgan fingerprint density at radius 3 is 2.15 bits per heavy atom. The molecule has 4 unspecified atom stereocenters. The number of aromatic hydroxyl groups is 2. The van der Waals surface area contributed by atoms with E-state index in [2.05, 4.69) is 49.9 Å². The first kappa shape index (κ1) is 39.5. The molecule has 3 fully saturated rings. The van der Waals surface area contributed by atoms with E-state index in [1.165, 1.54) is 80.7 Å². The third-order valence-electron chi connectivity index (χ3n) is 14.2. The summed E-state index contributed by atoms with van der Waals surface area (Å²) in [5.41, 5.74) is 1.58. The molecule has 2 bridgehead atoms. The van der Waals surface area contributed by atoms with Gasteiger partial charge in [-0.05, 0) is 93.8 Å². The standard InChI is InChI=1S/C45H68N4O4S/c1-4-5-6-7-8-9-10-11-12-17-24-45(2,3)44(52)53-32-49(27-25-47(26-28-49)41-37-20-15-16-21-38(37)54-46-41)31-36-19-14-13-18-35(36)30-48-42(50)39-33-22-23-34(29-33)40(39)43(48)51/h15-16,20-21,33-36H,4-14,17-19,22-32H2,1-3H3,(H-,50,51)/p+1. The second-order valence-corrected chi connectivity index (χ2v) is 19.2. The Morgan fingerprint density at radius 2 is 1.48 bits per heavy atom. The highest BCUT2D eigenvalue weighted by atomic mass is 32.1. The van der Waals surface area contributed by atoms with Crippen LogP contribution in [0, 0.1) is 17.3 Å². The van der Waals surface area contributed by atoms with Crippen molar-refractivity contribution >= 4 is 33.4 Å². The van der Waals surface area contributed by atoms with Gasteiger partial charge in [0.2, 0.25) is 6.73 Å². The van der Waals surface area contributed by atoms with E-state index in [0.29, 0.717) is 48.7 Å². The Bertz CT molecular complexity index is 1660. The molecule has 3 heterocycles. The highest BCUT2D eigenvalue weighted by Gasteiger charge is 2.46. The lowest BCUT2D eigenvalue weighted by Crippen LogP contribution is -2.63. The predicted molar refractivity (Wildman–Crippen MR) is 220 cm³/mol. The molecule has 1 aliphatic heterocycles. The number of rotatable bonds is 19. The Morgan fingerprint density at radius 1 is 0.870 bits per heavy atom. The predicted octanol–water partition coefficient (Wildman–Crippen LogP) is 10.9. The van der Waals surface area contributed by atoms with E-state index in [4.69, 9.17) is 9.11 Å². The average Bonchev–Trinajstić information content (AvgIpc) is 3.97. The van der Waals surface area contributed by atoms with Crippen molar-refractivity contribution in [3.8, 4) is 11.8 Å². The molecule has 9 heteroatoms. The number of ether oxygens (including phenoxy) is 1. The fourth-order valence-corrected chi connectivity index (χ4v) is 11.5. The van der Waals surface area contributed by atoms with Crippen molar-refractivity contribution in [3.05, 3.63) is 35.4 Å². The highest BCUT2D eigenvalue weighted by Crippen LogP contribution is 2.60. The zero-order valence-electron chi connectivity index (χ0n) is 33.7. The van der Waals surface area contributed by atoms with Gasteiger partial charge in [0, 0.05) is 29.0 Å². The molecular formula is C45H69N4O4S+. The van der Waals surface area contributed by atoms with Crippen LogP contribution in [-0.2, 0) is 16.1 Å². The van der Waals surface area contributed by atoms with Crippen LogP contribution in [0.1, 0.15) is 159 Å². The van der Waals surface area contributed by atoms with Gasteiger partial charge in [-0.2, -0.15) is 4.37 Å². The monoisotopic (exact) mass is 762 g/mol. The summed E-state index contributed by atoms with van der Waals surface area (Å²) in [5, 5.41) is 24.1. The maximum absolute atomic E-state index is 13.8. The molecule has 1 saturated heterocycles. The van der Waals surface area contributed by atoms with E-state index in [0.717, 1.165) is 99.1 Å². The Balaban J connectivity index is 1.000. The molecule has 54 heavy (non-hydrogen) atoms. The third-order valence-corrected chi connectivity index (χ3v) is 15.0. The highest BCUT2D eigenvalue weighted by molar-refractivity contribution is 7.13. The summed E-state index contributed by atoms with van der Waals surface area (Å²) >= 11 is 1.57. The van der Waals surface area contributed by atoms with Gasteiger partial charge in [0.05, 0.1) is 42.8 Å². The summed E-state index contributed by atoms with van der Waals surface area (Å²) in [7, 11) is 0. The number of hydrogen-bond acceptors (Lipinski definition) is 7. The topological polar surface area (TPSA) is 87.8 Å². The lowest BCUT2D eigenvalue weighted by atomic mass is 9.78. The fraction of sp³-hybridized carbons (Fsp3) is 0.733. The Hall–Kier alpha value is -2.78. The van der Waals surface area contributed by atoms with Gasteiger partial charge in [-0.25, -0.2) is 0 Å². The number of unbranched alkanes of at least 4 members (excludes halogenated alkanes) is 9. The zero-order chi connectivity index (χ0) is 37.7. The molecule has 1 aromatic carbocycles. The molecule has 0 radical (unpaired) electrons. The lowest BCUT2D eigenvalue weighted by Gasteiger charge is -2.47. The lowest BCUT2D eigenvalue weighted by molar-refractivity contribution is -0.947. The summed E-state index contributed by atoms with van der Waals surface area (Å²) < 4.78 is 15.2. The summed E-state index contributed by atoms with van der Waals surface area (Å²) in [4.78, 5) is 16.3. The third kappa shape index (κ3) is 8.62. The second kappa shape index (κ2) is 17.6. The number of anilines is 1. The number of benzene rings is 1. The average molecular weight is 762 g/mol. The minimum Gasteiger partial charge on any atom is -0.494 e. The SMILES string of the molecule is CCCCCCCCCCCCC(C)(C)C(=O)OC[N+]1(CC2CCCCC2Cn2c(O)c3c(c2O)C2CCC3C2)CCN(c2nsc3ccccc23)CC1. The first-order valence-corrected chi connectivity index (χ1v) is 22.7. The van der Waals surface area contributed by atoms with Gasteiger partial charge < -0.3 is 19.8 Å². The van der Waals surface area contributed by atoms with Crippen molar-refractivity contribution in [2.24, 2.45) is 17.3 Å². The number of carbonyl (C=O) groups is 1.